The lowest BCUT2D eigenvalue weighted by Crippen LogP contribution is -2.21. The highest BCUT2D eigenvalue weighted by atomic mass is 16.2. The van der Waals surface area contributed by atoms with Gasteiger partial charge in [-0.2, -0.15) is 0 Å². The molecule has 5 heteroatoms. The fourth-order valence-electron chi connectivity index (χ4n) is 2.28. The predicted molar refractivity (Wildman–Crippen MR) is 83.8 cm³/mol. The van der Waals surface area contributed by atoms with E-state index in [1.807, 2.05) is 55.6 Å². The van der Waals surface area contributed by atoms with E-state index in [1.54, 1.807) is 11.6 Å². The number of hydrogen-bond acceptors (Lipinski definition) is 3. The predicted octanol–water partition coefficient (Wildman–Crippen LogP) is 2.68. The molecule has 106 valence electrons. The first-order chi connectivity index (χ1) is 10.2. The number of para-hydroxylation sites is 1. The van der Waals surface area contributed by atoms with E-state index in [1.165, 1.54) is 0 Å². The molecule has 3 aromatic rings. The monoisotopic (exact) mass is 280 g/mol. The lowest BCUT2D eigenvalue weighted by Gasteiger charge is -2.06. The highest BCUT2D eigenvalue weighted by Gasteiger charge is 2.14. The average molecular weight is 280 g/mol. The molecule has 1 aromatic heterocycles. The van der Waals surface area contributed by atoms with Gasteiger partial charge < -0.3 is 15.2 Å². The second kappa shape index (κ2) is 5.28. The summed E-state index contributed by atoms with van der Waals surface area (Å²) in [5.74, 6) is 0.218. The number of hydrogen-bond donors (Lipinski definition) is 2. The number of aromatic nitrogens is 2. The number of benzene rings is 2. The number of fused-ring (bicyclic) bond motifs is 1. The number of imidazole rings is 1. The second-order valence-electron chi connectivity index (χ2n) is 4.77. The fraction of sp³-hybridized carbons (Fsp3) is 0.125. The van der Waals surface area contributed by atoms with Crippen molar-refractivity contribution in [1.82, 2.24) is 14.9 Å². The van der Waals surface area contributed by atoms with Crippen LogP contribution in [-0.2, 0) is 7.05 Å². The molecular weight excluding hydrogens is 264 g/mol. The Kier molecular flexibility index (Phi) is 3.31. The zero-order valence-electron chi connectivity index (χ0n) is 11.9. The molecule has 0 saturated carbocycles. The van der Waals surface area contributed by atoms with E-state index in [-0.39, 0.29) is 5.91 Å². The maximum Gasteiger partial charge on any atom is 0.287 e. The summed E-state index contributed by atoms with van der Waals surface area (Å²) in [6.07, 6.45) is 0. The summed E-state index contributed by atoms with van der Waals surface area (Å²) in [6.45, 7) is 0. The third-order valence-corrected chi connectivity index (χ3v) is 3.37. The van der Waals surface area contributed by atoms with Crippen LogP contribution in [0.3, 0.4) is 0 Å². The van der Waals surface area contributed by atoms with Gasteiger partial charge in [-0.25, -0.2) is 4.98 Å². The van der Waals surface area contributed by atoms with E-state index in [9.17, 15) is 4.79 Å². The number of nitrogens with zero attached hydrogens (tertiary/aromatic N) is 2. The maximum absolute atomic E-state index is 11.8. The lowest BCUT2D eigenvalue weighted by atomic mass is 10.2. The van der Waals surface area contributed by atoms with Gasteiger partial charge >= 0.3 is 0 Å². The van der Waals surface area contributed by atoms with E-state index in [2.05, 4.69) is 15.6 Å². The van der Waals surface area contributed by atoms with Gasteiger partial charge in [0.1, 0.15) is 0 Å². The van der Waals surface area contributed by atoms with Crippen molar-refractivity contribution < 1.29 is 4.79 Å². The van der Waals surface area contributed by atoms with E-state index in [4.69, 9.17) is 0 Å². The van der Waals surface area contributed by atoms with Crippen molar-refractivity contribution in [2.45, 2.75) is 0 Å². The molecule has 0 aliphatic heterocycles. The largest absolute Gasteiger partial charge is 0.355 e. The van der Waals surface area contributed by atoms with Crippen LogP contribution >= 0.6 is 0 Å². The average Bonchev–Trinajstić information content (AvgIpc) is 2.84. The van der Waals surface area contributed by atoms with Crippen molar-refractivity contribution >= 4 is 28.3 Å². The third-order valence-electron chi connectivity index (χ3n) is 3.37. The van der Waals surface area contributed by atoms with Crippen LogP contribution in [0.15, 0.2) is 48.5 Å². The maximum atomic E-state index is 11.8. The summed E-state index contributed by atoms with van der Waals surface area (Å²) in [4.78, 5) is 16.2. The standard InChI is InChI=1S/C16H16N4O/c1-17-16(21)15-19-13-10-12(8-9-14(13)20(15)2)18-11-6-4-3-5-7-11/h3-10,18H,1-2H3,(H,17,21). The van der Waals surface area contributed by atoms with Crippen LogP contribution in [0.1, 0.15) is 10.6 Å². The Hall–Kier alpha value is -2.82. The molecule has 0 saturated heterocycles. The van der Waals surface area contributed by atoms with Gasteiger partial charge in [-0.3, -0.25) is 4.79 Å². The Morgan fingerprint density at radius 2 is 1.86 bits per heavy atom. The Morgan fingerprint density at radius 1 is 1.10 bits per heavy atom. The first-order valence-corrected chi connectivity index (χ1v) is 6.69. The molecule has 3 rings (SSSR count). The molecule has 0 radical (unpaired) electrons. The molecule has 0 fully saturated rings. The van der Waals surface area contributed by atoms with Crippen LogP contribution in [0, 0.1) is 0 Å². The molecule has 0 atom stereocenters. The minimum absolute atomic E-state index is 0.189. The normalized spacial score (nSPS) is 10.6. The van der Waals surface area contributed by atoms with Gasteiger partial charge in [0.2, 0.25) is 0 Å². The van der Waals surface area contributed by atoms with Crippen molar-refractivity contribution in [2.75, 3.05) is 12.4 Å². The van der Waals surface area contributed by atoms with Crippen LogP contribution < -0.4 is 10.6 Å². The lowest BCUT2D eigenvalue weighted by molar-refractivity contribution is 0.0950. The molecule has 0 unspecified atom stereocenters. The molecule has 0 aliphatic carbocycles. The van der Waals surface area contributed by atoms with Gasteiger partial charge in [0.05, 0.1) is 11.0 Å². The molecule has 0 spiro atoms. The SMILES string of the molecule is CNC(=O)c1nc2cc(Nc3ccccc3)ccc2n1C. The van der Waals surface area contributed by atoms with E-state index in [0.29, 0.717) is 5.82 Å². The van der Waals surface area contributed by atoms with Crippen molar-refractivity contribution in [1.29, 1.82) is 0 Å². The summed E-state index contributed by atoms with van der Waals surface area (Å²) in [7, 11) is 3.44. The van der Waals surface area contributed by atoms with E-state index in [0.717, 1.165) is 22.4 Å². The second-order valence-corrected chi connectivity index (χ2v) is 4.77. The number of amides is 1. The number of anilines is 2. The number of aryl methyl sites for hydroxylation is 1. The quantitative estimate of drug-likeness (QED) is 0.775. The summed E-state index contributed by atoms with van der Waals surface area (Å²) in [5, 5.41) is 5.92. The minimum atomic E-state index is -0.189. The van der Waals surface area contributed by atoms with Gasteiger partial charge in [0.15, 0.2) is 5.82 Å². The van der Waals surface area contributed by atoms with E-state index >= 15 is 0 Å². The molecule has 0 bridgehead atoms. The zero-order chi connectivity index (χ0) is 14.8. The van der Waals surface area contributed by atoms with Crippen molar-refractivity contribution in [3.63, 3.8) is 0 Å². The van der Waals surface area contributed by atoms with E-state index < -0.39 is 0 Å². The number of carbonyl (C=O) groups is 1. The molecule has 0 aliphatic rings. The number of carbonyl (C=O) groups excluding carboxylic acids is 1. The molecule has 21 heavy (non-hydrogen) atoms. The van der Waals surface area contributed by atoms with Gasteiger partial charge in [0.25, 0.3) is 5.91 Å². The van der Waals surface area contributed by atoms with Crippen molar-refractivity contribution in [2.24, 2.45) is 7.05 Å². The van der Waals surface area contributed by atoms with Gasteiger partial charge in [0, 0.05) is 25.5 Å². The van der Waals surface area contributed by atoms with Gasteiger partial charge in [-0.05, 0) is 30.3 Å². The van der Waals surface area contributed by atoms with Crippen molar-refractivity contribution in [3.05, 3.63) is 54.4 Å². The van der Waals surface area contributed by atoms with Crippen LogP contribution in [0.2, 0.25) is 0 Å². The first kappa shape index (κ1) is 13.2. The third kappa shape index (κ3) is 2.45. The smallest absolute Gasteiger partial charge is 0.287 e. The van der Waals surface area contributed by atoms with Gasteiger partial charge in [-0.15, -0.1) is 0 Å². The molecule has 1 amide bonds. The van der Waals surface area contributed by atoms with Crippen LogP contribution in [0.4, 0.5) is 11.4 Å². The number of nitrogens with one attached hydrogen (secondary N) is 2. The molecule has 1 heterocycles. The summed E-state index contributed by atoms with van der Waals surface area (Å²) < 4.78 is 1.79. The van der Waals surface area contributed by atoms with Crippen LogP contribution in [0.25, 0.3) is 11.0 Å². The number of rotatable bonds is 3. The highest BCUT2D eigenvalue weighted by Crippen LogP contribution is 2.22. The molecule has 2 N–H and O–H groups in total. The summed E-state index contributed by atoms with van der Waals surface area (Å²) >= 11 is 0. The van der Waals surface area contributed by atoms with Crippen LogP contribution in [0.5, 0.6) is 0 Å². The summed E-state index contributed by atoms with van der Waals surface area (Å²) in [5.41, 5.74) is 3.67. The summed E-state index contributed by atoms with van der Waals surface area (Å²) in [6, 6.07) is 15.8. The topological polar surface area (TPSA) is 59.0 Å². The fourth-order valence-corrected chi connectivity index (χ4v) is 2.28. The van der Waals surface area contributed by atoms with Gasteiger partial charge in [-0.1, -0.05) is 18.2 Å². The first-order valence-electron chi connectivity index (χ1n) is 6.69. The zero-order valence-corrected chi connectivity index (χ0v) is 11.9. The Balaban J connectivity index is 1.99. The Bertz CT molecular complexity index is 793. The highest BCUT2D eigenvalue weighted by molar-refractivity contribution is 5.95. The van der Waals surface area contributed by atoms with Crippen LogP contribution in [-0.4, -0.2) is 22.5 Å². The van der Waals surface area contributed by atoms with Crippen molar-refractivity contribution in [3.8, 4) is 0 Å². The molecule has 5 nitrogen and oxygen atoms in total. The Labute approximate surface area is 122 Å². The minimum Gasteiger partial charge on any atom is -0.355 e. The molecular formula is C16H16N4O. The Morgan fingerprint density at radius 3 is 2.57 bits per heavy atom. The molecule has 2 aromatic carbocycles.